The van der Waals surface area contributed by atoms with Crippen LogP contribution < -0.4 is 14.8 Å². The number of aromatic nitrogens is 2. The van der Waals surface area contributed by atoms with E-state index in [9.17, 15) is 4.39 Å². The van der Waals surface area contributed by atoms with Gasteiger partial charge in [0.2, 0.25) is 0 Å². The van der Waals surface area contributed by atoms with Gasteiger partial charge < -0.3 is 19.7 Å². The van der Waals surface area contributed by atoms with Gasteiger partial charge in [0, 0.05) is 30.2 Å². The largest absolute Gasteiger partial charge is 0.497 e. The highest BCUT2D eigenvalue weighted by Crippen LogP contribution is 2.30. The molecule has 0 unspecified atom stereocenters. The van der Waals surface area contributed by atoms with Crippen molar-refractivity contribution in [1.82, 2.24) is 14.9 Å². The zero-order chi connectivity index (χ0) is 21.1. The Morgan fingerprint density at radius 3 is 2.67 bits per heavy atom. The summed E-state index contributed by atoms with van der Waals surface area (Å²) in [5, 5.41) is 4.05. The summed E-state index contributed by atoms with van der Waals surface area (Å²) < 4.78 is 25.0. The minimum atomic E-state index is -0.470. The van der Waals surface area contributed by atoms with E-state index in [0.717, 1.165) is 37.9 Å². The second kappa shape index (κ2) is 9.02. The summed E-state index contributed by atoms with van der Waals surface area (Å²) in [7, 11) is 1.61. The summed E-state index contributed by atoms with van der Waals surface area (Å²) in [5.74, 6) is 0.785. The Balaban J connectivity index is 1.65. The van der Waals surface area contributed by atoms with Crippen molar-refractivity contribution in [1.29, 1.82) is 0 Å². The van der Waals surface area contributed by atoms with E-state index in [4.69, 9.17) is 21.1 Å². The lowest BCUT2D eigenvalue weighted by molar-refractivity contribution is 0.0960. The lowest BCUT2D eigenvalue weighted by Gasteiger charge is -2.30. The summed E-state index contributed by atoms with van der Waals surface area (Å²) in [6, 6.07) is 10.3. The van der Waals surface area contributed by atoms with Crippen molar-refractivity contribution in [3.05, 3.63) is 47.2 Å². The summed E-state index contributed by atoms with van der Waals surface area (Å²) in [6.45, 7) is 5.22. The van der Waals surface area contributed by atoms with Gasteiger partial charge in [-0.25, -0.2) is 4.39 Å². The van der Waals surface area contributed by atoms with Gasteiger partial charge in [-0.15, -0.1) is 0 Å². The lowest BCUT2D eigenvalue weighted by atomic mass is 10.1. The zero-order valence-corrected chi connectivity index (χ0v) is 17.7. The average Bonchev–Trinajstić information content (AvgIpc) is 2.76. The fourth-order valence-corrected chi connectivity index (χ4v) is 3.75. The standard InChI is InChI=1S/C22H24ClFN4O2/c1-3-28-10-8-15(9-11-28)30-22-26-20-13-16(29-2)5-6-17(20)21(27-22)25-14-4-7-19(24)18(23)12-14/h4-7,12-13,15H,3,8-11H2,1-2H3,(H,25,26,27). The number of nitrogens with zero attached hydrogens (tertiary/aromatic N) is 3. The Morgan fingerprint density at radius 2 is 1.97 bits per heavy atom. The summed E-state index contributed by atoms with van der Waals surface area (Å²) in [4.78, 5) is 11.6. The predicted molar refractivity (Wildman–Crippen MR) is 117 cm³/mol. The molecular weight excluding hydrogens is 407 g/mol. The van der Waals surface area contributed by atoms with Crippen LogP contribution in [0.1, 0.15) is 19.8 Å². The number of nitrogens with one attached hydrogen (secondary N) is 1. The maximum absolute atomic E-state index is 13.5. The van der Waals surface area contributed by atoms with E-state index in [1.807, 2.05) is 18.2 Å². The molecule has 0 aliphatic carbocycles. The SMILES string of the molecule is CCN1CCC(Oc2nc(Nc3ccc(F)c(Cl)c3)c3ccc(OC)cc3n2)CC1. The van der Waals surface area contributed by atoms with Crippen LogP contribution in [0.5, 0.6) is 11.8 Å². The van der Waals surface area contributed by atoms with E-state index in [1.165, 1.54) is 12.1 Å². The molecule has 1 fully saturated rings. The molecule has 6 nitrogen and oxygen atoms in total. The number of fused-ring (bicyclic) bond motifs is 1. The number of ether oxygens (including phenoxy) is 2. The maximum atomic E-state index is 13.5. The van der Waals surface area contributed by atoms with E-state index < -0.39 is 5.82 Å². The Hall–Kier alpha value is -2.64. The van der Waals surface area contributed by atoms with E-state index in [2.05, 4.69) is 27.1 Å². The van der Waals surface area contributed by atoms with Crippen LogP contribution in [0.15, 0.2) is 36.4 Å². The van der Waals surface area contributed by atoms with Gasteiger partial charge in [-0.05, 0) is 49.7 Å². The Labute approximate surface area is 180 Å². The molecule has 1 saturated heterocycles. The molecule has 0 atom stereocenters. The Kier molecular flexibility index (Phi) is 6.20. The van der Waals surface area contributed by atoms with Crippen LogP contribution in [-0.4, -0.2) is 47.7 Å². The fourth-order valence-electron chi connectivity index (χ4n) is 3.57. The van der Waals surface area contributed by atoms with E-state index in [-0.39, 0.29) is 11.1 Å². The smallest absolute Gasteiger partial charge is 0.319 e. The molecular formula is C22H24ClFN4O2. The number of benzene rings is 2. The van der Waals surface area contributed by atoms with Crippen LogP contribution in [0.3, 0.4) is 0 Å². The van der Waals surface area contributed by atoms with Crippen LogP contribution >= 0.6 is 11.6 Å². The molecule has 2 heterocycles. The molecule has 2 aromatic carbocycles. The topological polar surface area (TPSA) is 59.5 Å². The second-order valence-corrected chi connectivity index (χ2v) is 7.65. The number of methoxy groups -OCH3 is 1. The monoisotopic (exact) mass is 430 g/mol. The van der Waals surface area contributed by atoms with Crippen LogP contribution in [0.2, 0.25) is 5.02 Å². The highest BCUT2D eigenvalue weighted by Gasteiger charge is 2.21. The zero-order valence-electron chi connectivity index (χ0n) is 17.0. The first-order chi connectivity index (χ1) is 14.6. The van der Waals surface area contributed by atoms with Gasteiger partial charge in [-0.1, -0.05) is 18.5 Å². The summed E-state index contributed by atoms with van der Waals surface area (Å²) >= 11 is 5.93. The molecule has 0 radical (unpaired) electrons. The summed E-state index contributed by atoms with van der Waals surface area (Å²) in [5.41, 5.74) is 1.32. The van der Waals surface area contributed by atoms with Crippen molar-refractivity contribution < 1.29 is 13.9 Å². The quantitative estimate of drug-likeness (QED) is 0.591. The highest BCUT2D eigenvalue weighted by atomic mass is 35.5. The van der Waals surface area contributed by atoms with Crippen molar-refractivity contribution in [2.24, 2.45) is 0 Å². The fraction of sp³-hybridized carbons (Fsp3) is 0.364. The molecule has 3 aromatic rings. The average molecular weight is 431 g/mol. The van der Waals surface area contributed by atoms with Gasteiger partial charge in [-0.2, -0.15) is 9.97 Å². The molecule has 0 saturated carbocycles. The molecule has 1 aliphatic rings. The number of halogens is 2. The van der Waals surface area contributed by atoms with Gasteiger partial charge in [-0.3, -0.25) is 0 Å². The molecule has 158 valence electrons. The van der Waals surface area contributed by atoms with Gasteiger partial charge in [0.15, 0.2) is 0 Å². The molecule has 1 aromatic heterocycles. The molecule has 1 N–H and O–H groups in total. The van der Waals surface area contributed by atoms with Crippen LogP contribution in [0.25, 0.3) is 10.9 Å². The molecule has 30 heavy (non-hydrogen) atoms. The maximum Gasteiger partial charge on any atom is 0.319 e. The third-order valence-corrected chi connectivity index (χ3v) is 5.61. The lowest BCUT2D eigenvalue weighted by Crippen LogP contribution is -2.38. The number of anilines is 2. The van der Waals surface area contributed by atoms with Gasteiger partial charge in [0.25, 0.3) is 0 Å². The predicted octanol–water partition coefficient (Wildman–Crippen LogP) is 5.04. The van der Waals surface area contributed by atoms with Crippen molar-refractivity contribution in [2.75, 3.05) is 32.1 Å². The Bertz CT molecular complexity index is 1040. The van der Waals surface area contributed by atoms with Crippen molar-refractivity contribution in [3.8, 4) is 11.8 Å². The van der Waals surface area contributed by atoms with Crippen LogP contribution in [0.4, 0.5) is 15.9 Å². The van der Waals surface area contributed by atoms with E-state index in [1.54, 1.807) is 13.2 Å². The van der Waals surface area contributed by atoms with Crippen molar-refractivity contribution in [3.63, 3.8) is 0 Å². The van der Waals surface area contributed by atoms with Gasteiger partial charge in [0.1, 0.15) is 23.5 Å². The van der Waals surface area contributed by atoms with E-state index in [0.29, 0.717) is 28.8 Å². The van der Waals surface area contributed by atoms with Crippen LogP contribution in [0, 0.1) is 5.82 Å². The minimum Gasteiger partial charge on any atom is -0.497 e. The molecule has 0 bridgehead atoms. The third-order valence-electron chi connectivity index (χ3n) is 5.32. The summed E-state index contributed by atoms with van der Waals surface area (Å²) in [6.07, 6.45) is 1.94. The normalized spacial score (nSPS) is 15.3. The van der Waals surface area contributed by atoms with Crippen LogP contribution in [-0.2, 0) is 0 Å². The molecule has 0 amide bonds. The number of hydrogen-bond acceptors (Lipinski definition) is 6. The van der Waals surface area contributed by atoms with E-state index >= 15 is 0 Å². The number of hydrogen-bond donors (Lipinski definition) is 1. The number of rotatable bonds is 6. The first-order valence-electron chi connectivity index (χ1n) is 10.0. The second-order valence-electron chi connectivity index (χ2n) is 7.24. The van der Waals surface area contributed by atoms with Gasteiger partial charge >= 0.3 is 6.01 Å². The number of piperidine rings is 1. The highest BCUT2D eigenvalue weighted by molar-refractivity contribution is 6.31. The third kappa shape index (κ3) is 4.57. The minimum absolute atomic E-state index is 0.0409. The van der Waals surface area contributed by atoms with Gasteiger partial charge in [0.05, 0.1) is 17.6 Å². The molecule has 4 rings (SSSR count). The molecule has 0 spiro atoms. The molecule has 8 heteroatoms. The first-order valence-corrected chi connectivity index (χ1v) is 10.4. The first kappa shape index (κ1) is 20.6. The number of likely N-dealkylation sites (tertiary alicyclic amines) is 1. The Morgan fingerprint density at radius 1 is 1.17 bits per heavy atom. The van der Waals surface area contributed by atoms with Crippen molar-refractivity contribution in [2.45, 2.75) is 25.9 Å². The van der Waals surface area contributed by atoms with Crippen molar-refractivity contribution >= 4 is 34.0 Å². The molecule has 1 aliphatic heterocycles.